The van der Waals surface area contributed by atoms with Crippen LogP contribution in [-0.4, -0.2) is 30.8 Å². The van der Waals surface area contributed by atoms with Gasteiger partial charge < -0.3 is 15.4 Å². The van der Waals surface area contributed by atoms with Crippen molar-refractivity contribution in [2.75, 3.05) is 12.4 Å². The molecule has 1 amide bonds. The molecule has 1 aliphatic carbocycles. The van der Waals surface area contributed by atoms with Crippen molar-refractivity contribution < 1.29 is 27.5 Å². The minimum Gasteiger partial charge on any atom is -0.466 e. The maximum atomic E-state index is 13.9. The first-order valence-electron chi connectivity index (χ1n) is 8.38. The summed E-state index contributed by atoms with van der Waals surface area (Å²) >= 11 is 1.00. The second-order valence-electron chi connectivity index (χ2n) is 6.43. The summed E-state index contributed by atoms with van der Waals surface area (Å²) in [6.45, 7) is 3.39. The number of amides is 1. The molecule has 10 heteroatoms. The first-order chi connectivity index (χ1) is 12.6. The zero-order chi connectivity index (χ0) is 20.4. The molecule has 0 unspecified atom stereocenters. The van der Waals surface area contributed by atoms with Gasteiger partial charge in [-0.2, -0.15) is 18.4 Å². The lowest BCUT2D eigenvalue weighted by Crippen LogP contribution is -2.69. The molecule has 0 saturated heterocycles. The van der Waals surface area contributed by atoms with Crippen LogP contribution in [0.2, 0.25) is 0 Å². The Morgan fingerprint density at radius 3 is 2.59 bits per heavy atom. The molecule has 2 atom stereocenters. The van der Waals surface area contributed by atoms with E-state index in [1.54, 1.807) is 5.32 Å². The molecule has 148 valence electrons. The minimum absolute atomic E-state index is 0.0742. The van der Waals surface area contributed by atoms with E-state index in [9.17, 15) is 28.0 Å². The van der Waals surface area contributed by atoms with Crippen LogP contribution in [0.1, 0.15) is 42.7 Å². The molecule has 2 rings (SSSR count). The molecule has 0 spiro atoms. The van der Waals surface area contributed by atoms with E-state index in [0.29, 0.717) is 24.3 Å². The quantitative estimate of drug-likeness (QED) is 0.582. The van der Waals surface area contributed by atoms with Gasteiger partial charge in [0.25, 0.3) is 0 Å². The number of methoxy groups -OCH3 is 1. The molecule has 2 N–H and O–H groups in total. The molecule has 0 aliphatic heterocycles. The Balaban J connectivity index is 2.57. The molecular weight excluding hydrogens is 383 g/mol. The average Bonchev–Trinajstić information content (AvgIpc) is 2.94. The van der Waals surface area contributed by atoms with Crippen molar-refractivity contribution in [1.29, 1.82) is 5.26 Å². The molecular formula is C17H20F3N3O3S. The van der Waals surface area contributed by atoms with E-state index in [2.05, 4.69) is 10.1 Å². The zero-order valence-electron chi connectivity index (χ0n) is 15.1. The number of esters is 1. The first-order valence-corrected chi connectivity index (χ1v) is 9.20. The zero-order valence-corrected chi connectivity index (χ0v) is 15.9. The van der Waals surface area contributed by atoms with Gasteiger partial charge in [-0.3, -0.25) is 4.79 Å². The molecule has 0 fully saturated rings. The molecule has 6 nitrogen and oxygen atoms in total. The van der Waals surface area contributed by atoms with Crippen LogP contribution in [-0.2, 0) is 27.2 Å². The van der Waals surface area contributed by atoms with Crippen molar-refractivity contribution in [3.05, 3.63) is 16.0 Å². The number of nitrogens with one attached hydrogen (secondary N) is 2. The summed E-state index contributed by atoms with van der Waals surface area (Å²) in [6, 6.07) is 1.93. The van der Waals surface area contributed by atoms with Gasteiger partial charge in [-0.15, -0.1) is 11.3 Å². The van der Waals surface area contributed by atoms with Crippen LogP contribution in [0.4, 0.5) is 18.2 Å². The lowest BCUT2D eigenvalue weighted by atomic mass is 9.88. The Hall–Kier alpha value is -2.28. The lowest BCUT2D eigenvalue weighted by molar-refractivity contribution is -0.206. The summed E-state index contributed by atoms with van der Waals surface area (Å²) in [7, 11) is 0.801. The number of halogens is 3. The SMILES string of the molecule is CCC(=O)N[C@@](Nc1sc2c(c1C#N)CC[C@@H](C)C2)(C(=O)OC)C(F)(F)F. The number of nitriles is 1. The fraction of sp³-hybridized carbons (Fsp3) is 0.588. The average molecular weight is 403 g/mol. The van der Waals surface area contributed by atoms with E-state index in [1.807, 2.05) is 13.0 Å². The van der Waals surface area contributed by atoms with Crippen LogP contribution in [0.15, 0.2) is 0 Å². The Morgan fingerprint density at radius 1 is 1.41 bits per heavy atom. The number of hydrogen-bond acceptors (Lipinski definition) is 6. The van der Waals surface area contributed by atoms with Gasteiger partial charge in [-0.05, 0) is 30.7 Å². The predicted molar refractivity (Wildman–Crippen MR) is 93.1 cm³/mol. The van der Waals surface area contributed by atoms with Gasteiger partial charge in [0.2, 0.25) is 5.91 Å². The second-order valence-corrected chi connectivity index (χ2v) is 7.54. The third kappa shape index (κ3) is 3.88. The fourth-order valence-corrected chi connectivity index (χ4v) is 4.39. The van der Waals surface area contributed by atoms with Gasteiger partial charge in [0.15, 0.2) is 0 Å². The third-order valence-electron chi connectivity index (χ3n) is 4.49. The number of thiophene rings is 1. The fourth-order valence-electron chi connectivity index (χ4n) is 2.97. The lowest BCUT2D eigenvalue weighted by Gasteiger charge is -2.34. The summed E-state index contributed by atoms with van der Waals surface area (Å²) in [6.07, 6.45) is -3.41. The van der Waals surface area contributed by atoms with Crippen LogP contribution in [0.25, 0.3) is 0 Å². The first kappa shape index (κ1) is 21.0. The van der Waals surface area contributed by atoms with E-state index in [1.165, 1.54) is 6.92 Å². The highest BCUT2D eigenvalue weighted by molar-refractivity contribution is 7.16. The van der Waals surface area contributed by atoms with Crippen molar-refractivity contribution in [3.63, 3.8) is 0 Å². The number of anilines is 1. The number of rotatable bonds is 5. The maximum Gasteiger partial charge on any atom is 0.441 e. The maximum absolute atomic E-state index is 13.9. The summed E-state index contributed by atoms with van der Waals surface area (Å²) in [5, 5.41) is 13.2. The van der Waals surface area contributed by atoms with Gasteiger partial charge >= 0.3 is 17.8 Å². The molecule has 1 heterocycles. The van der Waals surface area contributed by atoms with Gasteiger partial charge in [0.1, 0.15) is 11.1 Å². The van der Waals surface area contributed by atoms with Crippen LogP contribution in [0, 0.1) is 17.2 Å². The molecule has 1 aromatic rings. The van der Waals surface area contributed by atoms with E-state index in [4.69, 9.17) is 0 Å². The van der Waals surface area contributed by atoms with Crippen molar-refractivity contribution >= 4 is 28.2 Å². The molecule has 0 saturated carbocycles. The van der Waals surface area contributed by atoms with Gasteiger partial charge in [0, 0.05) is 11.3 Å². The highest BCUT2D eigenvalue weighted by Gasteiger charge is 2.63. The molecule has 0 radical (unpaired) electrons. The summed E-state index contributed by atoms with van der Waals surface area (Å²) < 4.78 is 46.1. The minimum atomic E-state index is -5.20. The van der Waals surface area contributed by atoms with Crippen molar-refractivity contribution in [1.82, 2.24) is 5.32 Å². The van der Waals surface area contributed by atoms with Gasteiger partial charge in [-0.1, -0.05) is 13.8 Å². The van der Waals surface area contributed by atoms with Gasteiger partial charge in [0.05, 0.1) is 12.7 Å². The summed E-state index contributed by atoms with van der Waals surface area (Å²) in [5.41, 5.74) is -2.70. The Kier molecular flexibility index (Phi) is 6.04. The van der Waals surface area contributed by atoms with E-state index < -0.39 is 23.7 Å². The smallest absolute Gasteiger partial charge is 0.441 e. The van der Waals surface area contributed by atoms with Crippen LogP contribution < -0.4 is 10.6 Å². The normalized spacial score (nSPS) is 18.6. The van der Waals surface area contributed by atoms with E-state index in [-0.39, 0.29) is 17.0 Å². The molecule has 27 heavy (non-hydrogen) atoms. The molecule has 0 aromatic carbocycles. The van der Waals surface area contributed by atoms with Crippen LogP contribution in [0.5, 0.6) is 0 Å². The number of alkyl halides is 3. The third-order valence-corrected chi connectivity index (χ3v) is 5.66. The highest BCUT2D eigenvalue weighted by atomic mass is 32.1. The van der Waals surface area contributed by atoms with Crippen molar-refractivity contribution in [2.45, 2.75) is 51.4 Å². The number of nitrogens with zero attached hydrogens (tertiary/aromatic N) is 1. The van der Waals surface area contributed by atoms with Crippen LogP contribution >= 0.6 is 11.3 Å². The van der Waals surface area contributed by atoms with E-state index >= 15 is 0 Å². The molecule has 1 aromatic heterocycles. The topological polar surface area (TPSA) is 91.2 Å². The number of carbonyl (C=O) groups excluding carboxylic acids is 2. The Labute approximate surface area is 158 Å². The summed E-state index contributed by atoms with van der Waals surface area (Å²) in [5.74, 6) is -2.34. The largest absolute Gasteiger partial charge is 0.466 e. The number of carbonyl (C=O) groups is 2. The monoisotopic (exact) mass is 403 g/mol. The van der Waals surface area contributed by atoms with Crippen molar-refractivity contribution in [3.8, 4) is 6.07 Å². The highest BCUT2D eigenvalue weighted by Crippen LogP contribution is 2.42. The summed E-state index contributed by atoms with van der Waals surface area (Å²) in [4.78, 5) is 24.7. The molecule has 0 bridgehead atoms. The number of hydrogen-bond donors (Lipinski definition) is 2. The standard InChI is InChI=1S/C17H20F3N3O3S/c1-4-13(24)22-16(15(25)26-3,17(18,19)20)23-14-11(8-21)10-6-5-9(2)7-12(10)27-14/h9,23H,4-7H2,1-3H3,(H,22,24)/t9-,16-/m1/s1. The number of ether oxygens (including phenoxy) is 1. The van der Waals surface area contributed by atoms with E-state index in [0.717, 1.165) is 29.7 Å². The second kappa shape index (κ2) is 7.76. The Bertz CT molecular complexity index is 785. The number of fused-ring (bicyclic) bond motifs is 1. The van der Waals surface area contributed by atoms with Crippen LogP contribution in [0.3, 0.4) is 0 Å². The molecule has 1 aliphatic rings. The van der Waals surface area contributed by atoms with Gasteiger partial charge in [-0.25, -0.2) is 4.79 Å². The Morgan fingerprint density at radius 2 is 2.07 bits per heavy atom. The van der Waals surface area contributed by atoms with Crippen molar-refractivity contribution in [2.24, 2.45) is 5.92 Å². The predicted octanol–water partition coefficient (Wildman–Crippen LogP) is 3.11.